The number of hydrazone groups is 1. The summed E-state index contributed by atoms with van der Waals surface area (Å²) in [5.41, 5.74) is 2.74. The number of nitrogens with one attached hydrogen (secondary N) is 1. The lowest BCUT2D eigenvalue weighted by Gasteiger charge is -2.06. The van der Waals surface area contributed by atoms with Gasteiger partial charge in [-0.25, -0.2) is 8.78 Å². The fraction of sp³-hybridized carbons (Fsp3) is 0.0625. The van der Waals surface area contributed by atoms with Gasteiger partial charge in [-0.1, -0.05) is 30.3 Å². The number of rotatable bonds is 3. The molecule has 0 bridgehead atoms. The summed E-state index contributed by atoms with van der Waals surface area (Å²) < 4.78 is 27.4. The van der Waals surface area contributed by atoms with E-state index >= 15 is 0 Å². The summed E-state index contributed by atoms with van der Waals surface area (Å²) in [5.74, 6) is -0.895. The van der Waals surface area contributed by atoms with Crippen LogP contribution in [0.1, 0.15) is 12.5 Å². The Hall–Kier alpha value is -2.89. The molecule has 0 aliphatic heterocycles. The Morgan fingerprint density at radius 2 is 1.77 bits per heavy atom. The number of hydrogen-bond donors (Lipinski definition) is 1. The second-order valence-corrected chi connectivity index (χ2v) is 4.69. The molecule has 3 aromatic rings. The first-order valence-corrected chi connectivity index (χ1v) is 6.62. The largest absolute Gasteiger partial charge is 0.259 e. The number of anilines is 1. The average Bonchev–Trinajstić information content (AvgIpc) is 2.52. The average molecular weight is 298 g/mol. The Morgan fingerprint density at radius 1 is 1.05 bits per heavy atom. The van der Waals surface area contributed by atoms with Crippen molar-refractivity contribution in [3.8, 4) is 0 Å². The predicted molar refractivity (Wildman–Crippen MR) is 81.7 cm³/mol. The van der Waals surface area contributed by atoms with Crippen LogP contribution in [0.4, 0.5) is 14.6 Å². The molecule has 0 aliphatic carbocycles. The van der Waals surface area contributed by atoms with E-state index in [2.05, 4.69) is 20.7 Å². The van der Waals surface area contributed by atoms with Crippen molar-refractivity contribution in [2.45, 2.75) is 6.92 Å². The molecule has 3 rings (SSSR count). The zero-order valence-electron chi connectivity index (χ0n) is 11.7. The van der Waals surface area contributed by atoms with E-state index in [1.807, 2.05) is 24.3 Å². The fourth-order valence-electron chi connectivity index (χ4n) is 2.15. The maximum atomic E-state index is 13.7. The quantitative estimate of drug-likeness (QED) is 0.592. The van der Waals surface area contributed by atoms with Crippen molar-refractivity contribution in [1.82, 2.24) is 10.2 Å². The van der Waals surface area contributed by atoms with Crippen LogP contribution in [0.3, 0.4) is 0 Å². The van der Waals surface area contributed by atoms with Gasteiger partial charge < -0.3 is 0 Å². The molecule has 6 heteroatoms. The summed E-state index contributed by atoms with van der Waals surface area (Å²) in [7, 11) is 0. The number of hydrogen-bond acceptors (Lipinski definition) is 4. The van der Waals surface area contributed by atoms with E-state index < -0.39 is 11.6 Å². The third kappa shape index (κ3) is 2.63. The SMILES string of the molecule is C/C(=N/Nc1nncc2ccccc12)c1c(F)cccc1F. The first-order valence-electron chi connectivity index (χ1n) is 6.62. The van der Waals surface area contributed by atoms with Crippen LogP contribution in [0.5, 0.6) is 0 Å². The Kier molecular flexibility index (Phi) is 3.74. The lowest BCUT2D eigenvalue weighted by molar-refractivity contribution is 0.579. The third-order valence-electron chi connectivity index (χ3n) is 3.22. The lowest BCUT2D eigenvalue weighted by Crippen LogP contribution is -2.06. The van der Waals surface area contributed by atoms with Gasteiger partial charge in [0.05, 0.1) is 17.5 Å². The normalized spacial score (nSPS) is 11.7. The second kappa shape index (κ2) is 5.85. The van der Waals surface area contributed by atoms with Crippen LogP contribution in [0.25, 0.3) is 10.8 Å². The summed E-state index contributed by atoms with van der Waals surface area (Å²) in [4.78, 5) is 0. The van der Waals surface area contributed by atoms with Crippen LogP contribution < -0.4 is 5.43 Å². The van der Waals surface area contributed by atoms with Gasteiger partial charge in [-0.3, -0.25) is 5.43 Å². The van der Waals surface area contributed by atoms with Crippen molar-refractivity contribution in [2.24, 2.45) is 5.10 Å². The molecular formula is C16H12F2N4. The van der Waals surface area contributed by atoms with Crippen LogP contribution in [-0.4, -0.2) is 15.9 Å². The summed E-state index contributed by atoms with van der Waals surface area (Å²) in [5, 5.41) is 13.6. The summed E-state index contributed by atoms with van der Waals surface area (Å²) >= 11 is 0. The van der Waals surface area contributed by atoms with Crippen molar-refractivity contribution < 1.29 is 8.78 Å². The molecule has 0 atom stereocenters. The highest BCUT2D eigenvalue weighted by atomic mass is 19.1. The summed E-state index contributed by atoms with van der Waals surface area (Å²) in [6.45, 7) is 1.52. The zero-order chi connectivity index (χ0) is 15.5. The number of benzene rings is 2. The number of fused-ring (bicyclic) bond motifs is 1. The van der Waals surface area contributed by atoms with E-state index in [-0.39, 0.29) is 11.3 Å². The van der Waals surface area contributed by atoms with Gasteiger partial charge in [0.1, 0.15) is 11.6 Å². The van der Waals surface area contributed by atoms with Crippen LogP contribution in [0.15, 0.2) is 53.8 Å². The molecule has 22 heavy (non-hydrogen) atoms. The molecule has 0 unspecified atom stereocenters. The van der Waals surface area contributed by atoms with Gasteiger partial charge in [-0.15, -0.1) is 5.10 Å². The van der Waals surface area contributed by atoms with E-state index in [0.29, 0.717) is 5.82 Å². The zero-order valence-corrected chi connectivity index (χ0v) is 11.7. The van der Waals surface area contributed by atoms with E-state index in [4.69, 9.17) is 0 Å². The van der Waals surface area contributed by atoms with Gasteiger partial charge >= 0.3 is 0 Å². The molecule has 1 aromatic heterocycles. The third-order valence-corrected chi connectivity index (χ3v) is 3.22. The summed E-state index contributed by atoms with van der Waals surface area (Å²) in [6, 6.07) is 11.2. The van der Waals surface area contributed by atoms with Gasteiger partial charge in [0.15, 0.2) is 5.82 Å². The molecule has 0 radical (unpaired) electrons. The smallest absolute Gasteiger partial charge is 0.176 e. The van der Waals surface area contributed by atoms with E-state index in [0.717, 1.165) is 10.8 Å². The minimum Gasteiger partial charge on any atom is -0.259 e. The Bertz CT molecular complexity index is 836. The molecule has 0 fully saturated rings. The molecule has 4 nitrogen and oxygen atoms in total. The van der Waals surface area contributed by atoms with E-state index in [9.17, 15) is 8.78 Å². The monoisotopic (exact) mass is 298 g/mol. The van der Waals surface area contributed by atoms with Gasteiger partial charge in [0.2, 0.25) is 0 Å². The van der Waals surface area contributed by atoms with Crippen molar-refractivity contribution in [2.75, 3.05) is 5.43 Å². The van der Waals surface area contributed by atoms with E-state index in [1.165, 1.54) is 25.1 Å². The van der Waals surface area contributed by atoms with Gasteiger partial charge in [0, 0.05) is 10.8 Å². The lowest BCUT2D eigenvalue weighted by atomic mass is 10.1. The van der Waals surface area contributed by atoms with Crippen molar-refractivity contribution in [3.05, 3.63) is 65.9 Å². The van der Waals surface area contributed by atoms with Gasteiger partial charge in [0.25, 0.3) is 0 Å². The molecule has 1 heterocycles. The topological polar surface area (TPSA) is 50.2 Å². The molecule has 110 valence electrons. The number of halogens is 2. The second-order valence-electron chi connectivity index (χ2n) is 4.69. The van der Waals surface area contributed by atoms with Crippen molar-refractivity contribution in [1.29, 1.82) is 0 Å². The number of nitrogens with zero attached hydrogens (tertiary/aromatic N) is 3. The maximum absolute atomic E-state index is 13.7. The fourth-order valence-corrected chi connectivity index (χ4v) is 2.15. The van der Waals surface area contributed by atoms with Crippen LogP contribution >= 0.6 is 0 Å². The van der Waals surface area contributed by atoms with Gasteiger partial charge in [-0.2, -0.15) is 10.2 Å². The maximum Gasteiger partial charge on any atom is 0.176 e. The highest BCUT2D eigenvalue weighted by molar-refractivity contribution is 6.00. The standard InChI is InChI=1S/C16H12F2N4/c1-10(15-13(17)7-4-8-14(15)18)20-22-16-12-6-3-2-5-11(12)9-19-21-16/h2-9H,1H3,(H,21,22)/b20-10-. The molecular weight excluding hydrogens is 286 g/mol. The van der Waals surface area contributed by atoms with Crippen LogP contribution in [0.2, 0.25) is 0 Å². The molecule has 1 N–H and O–H groups in total. The molecule has 0 aliphatic rings. The van der Waals surface area contributed by atoms with Crippen LogP contribution in [0, 0.1) is 11.6 Å². The Balaban J connectivity index is 1.96. The Labute approximate surface area is 125 Å². The predicted octanol–water partition coefficient (Wildman–Crippen LogP) is 3.74. The molecule has 0 saturated heterocycles. The molecule has 0 amide bonds. The highest BCUT2D eigenvalue weighted by Crippen LogP contribution is 2.19. The van der Waals surface area contributed by atoms with Crippen molar-refractivity contribution in [3.63, 3.8) is 0 Å². The van der Waals surface area contributed by atoms with Crippen molar-refractivity contribution >= 4 is 22.3 Å². The molecule has 0 spiro atoms. The Morgan fingerprint density at radius 3 is 2.55 bits per heavy atom. The number of aromatic nitrogens is 2. The van der Waals surface area contributed by atoms with Crippen LogP contribution in [-0.2, 0) is 0 Å². The summed E-state index contributed by atoms with van der Waals surface area (Å²) in [6.07, 6.45) is 1.63. The van der Waals surface area contributed by atoms with Gasteiger partial charge in [-0.05, 0) is 19.1 Å². The molecule has 0 saturated carbocycles. The first-order chi connectivity index (χ1) is 10.7. The minimum atomic E-state index is -0.660. The highest BCUT2D eigenvalue weighted by Gasteiger charge is 2.11. The van der Waals surface area contributed by atoms with E-state index in [1.54, 1.807) is 6.20 Å². The minimum absolute atomic E-state index is 0.164. The molecule has 2 aromatic carbocycles. The first kappa shape index (κ1) is 14.1.